The van der Waals surface area contributed by atoms with E-state index < -0.39 is 5.60 Å². The van der Waals surface area contributed by atoms with Crippen LogP contribution in [0.2, 0.25) is 0 Å². The largest absolute Gasteiger partial charge is 0.389 e. The molecule has 1 aromatic carbocycles. The molecule has 1 unspecified atom stereocenters. The van der Waals surface area contributed by atoms with Crippen molar-refractivity contribution in [2.45, 2.75) is 25.4 Å². The quantitative estimate of drug-likeness (QED) is 0.871. The Hall–Kier alpha value is -1.90. The molecule has 1 aliphatic heterocycles. The highest BCUT2D eigenvalue weighted by atomic mass is 16.3. The molecule has 1 aliphatic rings. The molecule has 106 valence electrons. The van der Waals surface area contributed by atoms with Crippen LogP contribution in [0.5, 0.6) is 0 Å². The Labute approximate surface area is 118 Å². The molecule has 2 rings (SSSR count). The van der Waals surface area contributed by atoms with E-state index in [4.69, 9.17) is 5.26 Å². The summed E-state index contributed by atoms with van der Waals surface area (Å²) in [6.07, 6.45) is 1.65. The van der Waals surface area contributed by atoms with Gasteiger partial charge in [-0.1, -0.05) is 12.1 Å². The molecule has 20 heavy (non-hydrogen) atoms. The number of likely N-dealkylation sites (tertiary alicyclic amines) is 1. The second-order valence-electron chi connectivity index (χ2n) is 5.52. The number of nitrogens with one attached hydrogen (secondary N) is 1. The van der Waals surface area contributed by atoms with Gasteiger partial charge < -0.3 is 10.4 Å². The maximum absolute atomic E-state index is 12.0. The van der Waals surface area contributed by atoms with Gasteiger partial charge in [0.1, 0.15) is 6.07 Å². The van der Waals surface area contributed by atoms with Crippen molar-refractivity contribution in [3.8, 4) is 6.07 Å². The van der Waals surface area contributed by atoms with E-state index in [1.165, 1.54) is 0 Å². The minimum absolute atomic E-state index is 0.162. The summed E-state index contributed by atoms with van der Waals surface area (Å²) in [5.41, 5.74) is 0.263. The van der Waals surface area contributed by atoms with E-state index in [0.29, 0.717) is 17.8 Å². The number of hydrogen-bond acceptors (Lipinski definition) is 4. The molecule has 0 radical (unpaired) electrons. The van der Waals surface area contributed by atoms with E-state index in [9.17, 15) is 9.90 Å². The number of hydrogen-bond donors (Lipinski definition) is 2. The molecule has 0 aromatic heterocycles. The average molecular weight is 273 g/mol. The van der Waals surface area contributed by atoms with Crippen molar-refractivity contribution in [2.24, 2.45) is 0 Å². The zero-order valence-corrected chi connectivity index (χ0v) is 11.6. The van der Waals surface area contributed by atoms with Crippen LogP contribution in [0.1, 0.15) is 25.3 Å². The lowest BCUT2D eigenvalue weighted by atomic mass is 9.95. The molecule has 0 bridgehead atoms. The Morgan fingerprint density at radius 2 is 2.30 bits per heavy atom. The van der Waals surface area contributed by atoms with E-state index in [0.717, 1.165) is 19.4 Å². The number of piperidine rings is 1. The molecular weight excluding hydrogens is 254 g/mol. The lowest BCUT2D eigenvalue weighted by Gasteiger charge is -2.36. The van der Waals surface area contributed by atoms with Gasteiger partial charge in [-0.3, -0.25) is 9.69 Å². The highest BCUT2D eigenvalue weighted by Crippen LogP contribution is 2.20. The number of aliphatic hydroxyl groups is 1. The third kappa shape index (κ3) is 3.80. The van der Waals surface area contributed by atoms with E-state index in [-0.39, 0.29) is 12.5 Å². The first-order valence-corrected chi connectivity index (χ1v) is 6.74. The van der Waals surface area contributed by atoms with Gasteiger partial charge in [0.25, 0.3) is 0 Å². The highest BCUT2D eigenvalue weighted by molar-refractivity contribution is 5.93. The van der Waals surface area contributed by atoms with Crippen LogP contribution in [0.3, 0.4) is 0 Å². The molecule has 1 fully saturated rings. The van der Waals surface area contributed by atoms with Gasteiger partial charge in [0, 0.05) is 6.54 Å². The van der Waals surface area contributed by atoms with Crippen molar-refractivity contribution in [3.05, 3.63) is 29.8 Å². The summed E-state index contributed by atoms with van der Waals surface area (Å²) in [6.45, 7) is 3.34. The fourth-order valence-electron chi connectivity index (χ4n) is 2.54. The maximum Gasteiger partial charge on any atom is 0.238 e. The van der Waals surface area contributed by atoms with E-state index in [1.54, 1.807) is 31.2 Å². The smallest absolute Gasteiger partial charge is 0.238 e. The number of amides is 1. The highest BCUT2D eigenvalue weighted by Gasteiger charge is 2.29. The Kier molecular flexibility index (Phi) is 4.38. The van der Waals surface area contributed by atoms with Gasteiger partial charge >= 0.3 is 0 Å². The number of nitriles is 1. The predicted molar refractivity (Wildman–Crippen MR) is 76.1 cm³/mol. The molecule has 1 aromatic rings. The van der Waals surface area contributed by atoms with Crippen LogP contribution in [0.4, 0.5) is 5.69 Å². The second kappa shape index (κ2) is 6.04. The number of rotatable bonds is 3. The average Bonchev–Trinajstić information content (AvgIpc) is 2.38. The Morgan fingerprint density at radius 1 is 1.55 bits per heavy atom. The van der Waals surface area contributed by atoms with Crippen molar-refractivity contribution in [1.82, 2.24) is 4.90 Å². The maximum atomic E-state index is 12.0. The van der Waals surface area contributed by atoms with Gasteiger partial charge in [-0.05, 0) is 38.4 Å². The summed E-state index contributed by atoms with van der Waals surface area (Å²) >= 11 is 0. The minimum Gasteiger partial charge on any atom is -0.389 e. The minimum atomic E-state index is -0.719. The van der Waals surface area contributed by atoms with E-state index in [2.05, 4.69) is 5.32 Å². The monoisotopic (exact) mass is 273 g/mol. The molecule has 1 amide bonds. The second-order valence-corrected chi connectivity index (χ2v) is 5.52. The first kappa shape index (κ1) is 14.5. The van der Waals surface area contributed by atoms with Crippen LogP contribution in [-0.2, 0) is 4.79 Å². The first-order chi connectivity index (χ1) is 9.50. The van der Waals surface area contributed by atoms with Crippen LogP contribution in [0.15, 0.2) is 24.3 Å². The number of nitrogens with zero attached hydrogens (tertiary/aromatic N) is 2. The van der Waals surface area contributed by atoms with Crippen LogP contribution in [0.25, 0.3) is 0 Å². The SMILES string of the molecule is CC1(O)CCCN(CC(=O)Nc2ccccc2C#N)C1. The summed E-state index contributed by atoms with van der Waals surface area (Å²) in [4.78, 5) is 14.0. The number of benzene rings is 1. The van der Waals surface area contributed by atoms with Gasteiger partial charge in [0.15, 0.2) is 0 Å². The van der Waals surface area contributed by atoms with Gasteiger partial charge in [-0.2, -0.15) is 5.26 Å². The molecule has 0 spiro atoms. The van der Waals surface area contributed by atoms with Crippen molar-refractivity contribution in [3.63, 3.8) is 0 Å². The van der Waals surface area contributed by atoms with E-state index in [1.807, 2.05) is 11.0 Å². The van der Waals surface area contributed by atoms with Gasteiger partial charge in [0.2, 0.25) is 5.91 Å². The summed E-state index contributed by atoms with van der Waals surface area (Å²) in [7, 11) is 0. The van der Waals surface area contributed by atoms with Crippen LogP contribution >= 0.6 is 0 Å². The molecule has 2 N–H and O–H groups in total. The van der Waals surface area contributed by atoms with Gasteiger partial charge in [-0.15, -0.1) is 0 Å². The zero-order valence-electron chi connectivity index (χ0n) is 11.6. The van der Waals surface area contributed by atoms with Crippen molar-refractivity contribution >= 4 is 11.6 Å². The van der Waals surface area contributed by atoms with Crippen molar-refractivity contribution < 1.29 is 9.90 Å². The molecule has 0 saturated carbocycles. The number of β-amino-alcohol motifs (C(OH)–C–C–N with tert-alkyl or cyclic N) is 1. The lowest BCUT2D eigenvalue weighted by molar-refractivity contribution is -0.118. The third-order valence-electron chi connectivity index (χ3n) is 3.44. The topological polar surface area (TPSA) is 76.4 Å². The third-order valence-corrected chi connectivity index (χ3v) is 3.44. The molecule has 1 saturated heterocycles. The fraction of sp³-hybridized carbons (Fsp3) is 0.467. The molecule has 1 atom stereocenters. The fourth-order valence-corrected chi connectivity index (χ4v) is 2.54. The summed E-state index contributed by atoms with van der Waals surface area (Å²) in [6, 6.07) is 8.97. The number of carbonyl (C=O) groups is 1. The zero-order chi connectivity index (χ0) is 14.6. The molecule has 5 heteroatoms. The number of para-hydroxylation sites is 1. The molecule has 0 aliphatic carbocycles. The first-order valence-electron chi connectivity index (χ1n) is 6.74. The summed E-state index contributed by atoms with van der Waals surface area (Å²) in [5.74, 6) is -0.162. The Bertz CT molecular complexity index is 534. The van der Waals surface area contributed by atoms with Crippen molar-refractivity contribution in [1.29, 1.82) is 5.26 Å². The van der Waals surface area contributed by atoms with Crippen LogP contribution in [-0.4, -0.2) is 41.1 Å². The van der Waals surface area contributed by atoms with Gasteiger partial charge in [0.05, 0.1) is 23.4 Å². The normalized spacial score (nSPS) is 23.1. The predicted octanol–water partition coefficient (Wildman–Crippen LogP) is 1.34. The number of carbonyl (C=O) groups excluding carboxylic acids is 1. The Morgan fingerprint density at radius 3 is 3.00 bits per heavy atom. The lowest BCUT2D eigenvalue weighted by Crippen LogP contribution is -2.48. The standard InChI is InChI=1S/C15H19N3O2/c1-15(20)7-4-8-18(11-15)10-14(19)17-13-6-3-2-5-12(13)9-16/h2-3,5-6,20H,4,7-8,10-11H2,1H3,(H,17,19). The molecular formula is C15H19N3O2. The molecule has 5 nitrogen and oxygen atoms in total. The summed E-state index contributed by atoms with van der Waals surface area (Å²) in [5, 5.41) is 21.7. The van der Waals surface area contributed by atoms with Crippen molar-refractivity contribution in [2.75, 3.05) is 25.0 Å². The van der Waals surface area contributed by atoms with E-state index >= 15 is 0 Å². The molecule has 1 heterocycles. The van der Waals surface area contributed by atoms with Gasteiger partial charge in [-0.25, -0.2) is 0 Å². The van der Waals surface area contributed by atoms with Crippen LogP contribution in [0, 0.1) is 11.3 Å². The summed E-state index contributed by atoms with van der Waals surface area (Å²) < 4.78 is 0. The van der Waals surface area contributed by atoms with Crippen LogP contribution < -0.4 is 5.32 Å². The Balaban J connectivity index is 1.94. The number of anilines is 1.